The summed E-state index contributed by atoms with van der Waals surface area (Å²) in [6.07, 6.45) is 2.97. The maximum Gasteiger partial charge on any atom is 0.306 e. The van der Waals surface area contributed by atoms with Crippen LogP contribution >= 0.6 is 0 Å². The van der Waals surface area contributed by atoms with Crippen molar-refractivity contribution in [1.82, 2.24) is 26.7 Å². The van der Waals surface area contributed by atoms with E-state index in [1.54, 1.807) is 12.1 Å². The Morgan fingerprint density at radius 2 is 1.37 bits per heavy atom. The van der Waals surface area contributed by atoms with Crippen LogP contribution in [0.2, 0.25) is 0 Å². The van der Waals surface area contributed by atoms with E-state index < -0.39 is 91.7 Å². The minimum Gasteiger partial charge on any atom is -0.508 e. The highest BCUT2D eigenvalue weighted by Crippen LogP contribution is 2.56. The summed E-state index contributed by atoms with van der Waals surface area (Å²) in [5.74, 6) is -5.23. The van der Waals surface area contributed by atoms with Gasteiger partial charge in [-0.2, -0.15) is 5.10 Å². The Morgan fingerprint density at radius 3 is 2.10 bits per heavy atom. The molecule has 2 saturated carbocycles. The number of phenols is 1. The molecule has 24 heteroatoms. The SMILES string of the molecule is C.N=C(N)CC[C@@H]1NC(=O)[C@H](CCCCNC(=O)CCOCCCC(=O)OCc2ccc(C3=C4CC[C@@H]5[C@H](CCC4C(c4ccccc4)=NN3)[C@@H]5COCCOCCOCC[18F])cc2)NC(=O)[C@@H](Cc2ccc(O)cc2)CC(=O)[C@H](CC(=O)O)NC(=O)CCC1=O. The minimum absolute atomic E-state index is 0. The fourth-order valence-electron chi connectivity index (χ4n) is 11.8. The monoisotopic (exact) mass is 1270 g/mol. The zero-order valence-electron chi connectivity index (χ0n) is 51.0. The number of unbranched alkanes of at least 4 members (excludes halogenated alkanes) is 1. The molecule has 8 atom stereocenters. The molecular formula is C67H91FN8O15. The number of nitrogens with two attached hydrogens (primary N) is 1. The van der Waals surface area contributed by atoms with Gasteiger partial charge >= 0.3 is 11.9 Å². The number of alkyl halides is 1. The summed E-state index contributed by atoms with van der Waals surface area (Å²) < 4.78 is 40.2. The molecule has 10 N–H and O–H groups in total. The molecule has 0 radical (unpaired) electrons. The molecule has 91 heavy (non-hydrogen) atoms. The quantitative estimate of drug-likeness (QED) is 0.0143. The molecule has 3 aromatic rings. The van der Waals surface area contributed by atoms with Gasteiger partial charge in [0.1, 0.15) is 25.1 Å². The first-order valence-electron chi connectivity index (χ1n) is 31.4. The maximum atomic E-state index is 14.1. The second kappa shape index (κ2) is 38.0. The lowest BCUT2D eigenvalue weighted by Crippen LogP contribution is -2.53. The number of fused-ring (bicyclic) bond motifs is 2. The number of nitrogens with one attached hydrogen (secondary N) is 6. The number of hydrazone groups is 1. The van der Waals surface area contributed by atoms with Crippen LogP contribution < -0.4 is 32.4 Å². The van der Waals surface area contributed by atoms with Crippen LogP contribution in [0.1, 0.15) is 132 Å². The van der Waals surface area contributed by atoms with Crippen LogP contribution in [-0.4, -0.2) is 153 Å². The molecule has 4 amide bonds. The number of amides is 4. The summed E-state index contributed by atoms with van der Waals surface area (Å²) in [7, 11) is 0. The van der Waals surface area contributed by atoms with E-state index in [0.29, 0.717) is 75.6 Å². The summed E-state index contributed by atoms with van der Waals surface area (Å²) >= 11 is 0. The number of ketones is 2. The van der Waals surface area contributed by atoms with Gasteiger partial charge in [0, 0.05) is 63.5 Å². The fourth-order valence-corrected chi connectivity index (χ4v) is 11.8. The molecule has 496 valence electrons. The maximum absolute atomic E-state index is 14.1. The third kappa shape index (κ3) is 24.0. The van der Waals surface area contributed by atoms with Crippen LogP contribution in [0.5, 0.6) is 5.75 Å². The van der Waals surface area contributed by atoms with Crippen LogP contribution in [0.3, 0.4) is 0 Å². The molecule has 1 unspecified atom stereocenters. The van der Waals surface area contributed by atoms with Crippen LogP contribution in [0.25, 0.3) is 5.70 Å². The van der Waals surface area contributed by atoms with Gasteiger partial charge in [-0.3, -0.25) is 49.2 Å². The van der Waals surface area contributed by atoms with E-state index >= 15 is 0 Å². The van der Waals surface area contributed by atoms with Gasteiger partial charge in [0.05, 0.1) is 82.0 Å². The number of aliphatic carboxylic acids is 1. The molecule has 0 aromatic heterocycles. The lowest BCUT2D eigenvalue weighted by atomic mass is 9.78. The van der Waals surface area contributed by atoms with E-state index in [4.69, 9.17) is 39.9 Å². The Kier molecular flexibility index (Phi) is 30.2. The number of benzene rings is 3. The Morgan fingerprint density at radius 1 is 0.681 bits per heavy atom. The van der Waals surface area contributed by atoms with Gasteiger partial charge in [0.25, 0.3) is 0 Å². The highest BCUT2D eigenvalue weighted by molar-refractivity contribution is 6.06. The van der Waals surface area contributed by atoms with Gasteiger partial charge in [-0.15, -0.1) is 0 Å². The molecule has 3 fully saturated rings. The Balaban J connectivity index is 0.0000132. The smallest absolute Gasteiger partial charge is 0.306 e. The molecule has 7 rings (SSSR count). The zero-order valence-corrected chi connectivity index (χ0v) is 51.0. The molecule has 0 bridgehead atoms. The van der Waals surface area contributed by atoms with Gasteiger partial charge in [0.2, 0.25) is 23.6 Å². The largest absolute Gasteiger partial charge is 0.508 e. The summed E-state index contributed by atoms with van der Waals surface area (Å²) in [5.41, 5.74) is 15.9. The van der Waals surface area contributed by atoms with E-state index in [2.05, 4.69) is 38.8 Å². The van der Waals surface area contributed by atoms with Gasteiger partial charge in [-0.1, -0.05) is 74.2 Å². The van der Waals surface area contributed by atoms with Crippen molar-refractivity contribution in [3.63, 3.8) is 0 Å². The standard InChI is InChI=1S/C66H87FN8O15.CH4/c67-28-32-87-33-34-88-35-36-89-41-52-48-19-21-50-51(22-20-49(48)52)64(75-74-63(50)44-7-2-1-3-8-44)45-15-11-43(12-16-45)40-90-62(83)10-6-30-86-31-27-59(79)70-29-5-4-9-54-66(85)72-53(23-25-58(68)69)56(77)24-26-60(80)71-55(39-61(81)82)57(78)38-46(65(84)73-54)37-42-13-17-47(76)18-14-42;/h1-3,7-8,11-18,46,48-50,52-55,75-76H,4-6,9-10,19-41H2,(H3,68,69)(H,70,79)(H,71,80)(H,72,85)(H,73,84)(H,81,82);1H4/t46-,48-,49+,50?,52-,53-,54-,55-;/m0./s1/i67-1;. The number of nitrogens with zero attached hydrogens (tertiary/aromatic N) is 1. The number of hydrogen-bond acceptors (Lipinski definition) is 17. The number of esters is 1. The minimum atomic E-state index is -1.52. The molecule has 3 aromatic carbocycles. The van der Waals surface area contributed by atoms with Gasteiger partial charge in [0.15, 0.2) is 11.6 Å². The van der Waals surface area contributed by atoms with Crippen LogP contribution in [-0.2, 0) is 75.1 Å². The zero-order chi connectivity index (χ0) is 64.2. The number of amidine groups is 1. The van der Waals surface area contributed by atoms with Gasteiger partial charge < -0.3 is 60.9 Å². The lowest BCUT2D eigenvalue weighted by molar-refractivity contribution is -0.145. The van der Waals surface area contributed by atoms with Crippen molar-refractivity contribution >= 4 is 64.4 Å². The van der Waals surface area contributed by atoms with Crippen molar-refractivity contribution in [1.29, 1.82) is 5.41 Å². The Hall–Kier alpha value is -7.93. The van der Waals surface area contributed by atoms with Crippen molar-refractivity contribution < 1.29 is 76.6 Å². The summed E-state index contributed by atoms with van der Waals surface area (Å²) in [4.78, 5) is 105. The summed E-state index contributed by atoms with van der Waals surface area (Å²) in [6.45, 7) is 2.69. The third-order valence-corrected chi connectivity index (χ3v) is 16.8. The number of halogens is 1. The van der Waals surface area contributed by atoms with Gasteiger partial charge in [-0.05, 0) is 122 Å². The van der Waals surface area contributed by atoms with Crippen LogP contribution in [0.15, 0.2) is 89.5 Å². The fraction of sp³-hybridized carbons (Fsp3) is 0.552. The van der Waals surface area contributed by atoms with E-state index in [1.165, 1.54) is 17.7 Å². The van der Waals surface area contributed by atoms with Crippen LogP contribution in [0.4, 0.5) is 4.39 Å². The van der Waals surface area contributed by atoms with Crippen molar-refractivity contribution in [2.75, 3.05) is 66.1 Å². The second-order valence-electron chi connectivity index (χ2n) is 23.3. The normalized spacial score (nSPS) is 22.1. The third-order valence-electron chi connectivity index (χ3n) is 16.8. The van der Waals surface area contributed by atoms with Gasteiger partial charge in [-0.25, -0.2) is 4.39 Å². The Bertz CT molecular complexity index is 2970. The first-order valence-corrected chi connectivity index (χ1v) is 31.4. The second-order valence-corrected chi connectivity index (χ2v) is 23.3. The molecule has 2 aliphatic heterocycles. The van der Waals surface area contributed by atoms with E-state index in [1.807, 2.05) is 42.5 Å². The van der Waals surface area contributed by atoms with Crippen molar-refractivity contribution in [3.05, 3.63) is 107 Å². The number of allylic oxidation sites excluding steroid dienone is 1. The number of phenolic OH excluding ortho intramolecular Hbond substituents is 1. The molecule has 0 spiro atoms. The topological polar surface area (TPSA) is 346 Å². The molecule has 4 aliphatic rings. The van der Waals surface area contributed by atoms with Crippen molar-refractivity contribution in [2.24, 2.45) is 40.4 Å². The average Bonchev–Trinajstić information content (AvgIpc) is 1.67. The number of ether oxygens (including phenoxy) is 5. The number of carbonyl (C=O) groups is 8. The van der Waals surface area contributed by atoms with Crippen LogP contribution in [0, 0.1) is 35.0 Å². The first kappa shape index (κ1) is 72.1. The predicted octanol–water partition coefficient (Wildman–Crippen LogP) is 6.16. The summed E-state index contributed by atoms with van der Waals surface area (Å²) in [6, 6.07) is 20.2. The molecule has 1 saturated heterocycles. The van der Waals surface area contributed by atoms with Crippen molar-refractivity contribution in [3.8, 4) is 5.75 Å². The van der Waals surface area contributed by atoms with Crippen molar-refractivity contribution in [2.45, 2.75) is 141 Å². The number of aromatic hydroxyl groups is 1. The highest BCUT2D eigenvalue weighted by atomic mass is 18.2. The first-order chi connectivity index (χ1) is 43.6. The highest BCUT2D eigenvalue weighted by Gasteiger charge is 2.51. The average molecular weight is 1270 g/mol. The number of rotatable bonds is 33. The lowest BCUT2D eigenvalue weighted by Gasteiger charge is -2.31. The van der Waals surface area contributed by atoms with E-state index in [-0.39, 0.29) is 108 Å². The Labute approximate surface area is 531 Å². The number of Topliss-reactive ketones (excluding diaryl/α,β-unsaturated/α-hetero) is 2. The molecule has 2 heterocycles. The number of carbonyl (C=O) groups excluding carboxylic acids is 7. The molecular weight excluding hydrogens is 1170 g/mol. The predicted molar refractivity (Wildman–Crippen MR) is 337 cm³/mol. The van der Waals surface area contributed by atoms with E-state index in [9.17, 15) is 53.0 Å². The molecule has 2 aliphatic carbocycles. The molecule has 23 nitrogen and oxygen atoms in total. The number of carboxylic acid groups (broad SMARTS) is 1. The summed E-state index contributed by atoms with van der Waals surface area (Å²) in [5, 5.41) is 42.7. The number of carboxylic acids is 1. The number of hydrogen-bond donors (Lipinski definition) is 9. The van der Waals surface area contributed by atoms with E-state index in [0.717, 1.165) is 53.8 Å².